The van der Waals surface area contributed by atoms with Gasteiger partial charge in [-0.05, 0) is 58.0 Å². The summed E-state index contributed by atoms with van der Waals surface area (Å²) in [5, 5.41) is 5.73. The minimum absolute atomic E-state index is 0.0239. The zero-order chi connectivity index (χ0) is 25.2. The molecule has 3 aromatic rings. The highest BCUT2D eigenvalue weighted by atomic mass is 16.5. The second-order valence-electron chi connectivity index (χ2n) is 9.93. The first kappa shape index (κ1) is 24.8. The first-order valence-corrected chi connectivity index (χ1v) is 12.1. The smallest absolute Gasteiger partial charge is 0.182 e. The number of hydrogen-bond acceptors (Lipinski definition) is 8. The summed E-state index contributed by atoms with van der Waals surface area (Å²) < 4.78 is 19.3. The average Bonchev–Trinajstić information content (AvgIpc) is 3.45. The Hall–Kier alpha value is -3.33. The molecule has 2 N–H and O–H groups in total. The SMILES string of the molecule is C=C(OC(C)(C)C)N(C)CC(CC)n1nc(-c2ccc(OC3CCOC3)cc2)c2c(N)ncnc21. The van der Waals surface area contributed by atoms with Crippen LogP contribution in [0.1, 0.15) is 46.6 Å². The molecule has 1 aliphatic rings. The van der Waals surface area contributed by atoms with Crippen LogP contribution < -0.4 is 10.5 Å². The molecule has 0 amide bonds. The van der Waals surface area contributed by atoms with Gasteiger partial charge in [-0.15, -0.1) is 0 Å². The fourth-order valence-corrected chi connectivity index (χ4v) is 4.17. The number of nitrogens with two attached hydrogens (primary N) is 1. The molecule has 0 saturated carbocycles. The van der Waals surface area contributed by atoms with Crippen molar-refractivity contribution < 1.29 is 14.2 Å². The van der Waals surface area contributed by atoms with Gasteiger partial charge in [-0.25, -0.2) is 14.6 Å². The Bertz CT molecular complexity index is 1160. The molecule has 1 saturated heterocycles. The van der Waals surface area contributed by atoms with Gasteiger partial charge in [-0.3, -0.25) is 0 Å². The highest BCUT2D eigenvalue weighted by Crippen LogP contribution is 2.33. The van der Waals surface area contributed by atoms with Crippen molar-refractivity contribution in [3.05, 3.63) is 43.1 Å². The van der Waals surface area contributed by atoms with E-state index in [4.69, 9.17) is 25.0 Å². The number of ether oxygens (including phenoxy) is 3. The van der Waals surface area contributed by atoms with Crippen LogP contribution in [0, 0.1) is 0 Å². The summed E-state index contributed by atoms with van der Waals surface area (Å²) in [6, 6.07) is 7.93. The van der Waals surface area contributed by atoms with Crippen molar-refractivity contribution in [1.82, 2.24) is 24.6 Å². The van der Waals surface area contributed by atoms with E-state index in [0.29, 0.717) is 30.5 Å². The monoisotopic (exact) mass is 480 g/mol. The van der Waals surface area contributed by atoms with Crippen molar-refractivity contribution in [2.24, 2.45) is 0 Å². The highest BCUT2D eigenvalue weighted by molar-refractivity contribution is 5.98. The molecular weight excluding hydrogens is 444 g/mol. The molecule has 4 rings (SSSR count). The summed E-state index contributed by atoms with van der Waals surface area (Å²) in [5.74, 6) is 1.83. The number of anilines is 1. The Balaban J connectivity index is 1.63. The molecule has 188 valence electrons. The fourth-order valence-electron chi connectivity index (χ4n) is 4.17. The molecule has 9 nitrogen and oxygen atoms in total. The van der Waals surface area contributed by atoms with Gasteiger partial charge in [0.15, 0.2) is 11.5 Å². The van der Waals surface area contributed by atoms with Crippen LogP contribution in [0.4, 0.5) is 5.82 Å². The van der Waals surface area contributed by atoms with Crippen LogP contribution in [0.25, 0.3) is 22.3 Å². The average molecular weight is 481 g/mol. The minimum atomic E-state index is -0.318. The number of aromatic nitrogens is 4. The van der Waals surface area contributed by atoms with Gasteiger partial charge in [0.05, 0.1) is 24.6 Å². The third kappa shape index (κ3) is 5.67. The first-order valence-electron chi connectivity index (χ1n) is 12.1. The normalized spacial score (nSPS) is 16.9. The van der Waals surface area contributed by atoms with E-state index in [9.17, 15) is 0 Å². The van der Waals surface area contributed by atoms with E-state index in [2.05, 4.69) is 23.5 Å². The van der Waals surface area contributed by atoms with Gasteiger partial charge < -0.3 is 24.8 Å². The van der Waals surface area contributed by atoms with Gasteiger partial charge in [0.2, 0.25) is 0 Å². The maximum Gasteiger partial charge on any atom is 0.182 e. The molecule has 1 aliphatic heterocycles. The third-order valence-electron chi connectivity index (χ3n) is 5.99. The minimum Gasteiger partial charge on any atom is -0.488 e. The van der Waals surface area contributed by atoms with E-state index >= 15 is 0 Å². The van der Waals surface area contributed by atoms with Crippen molar-refractivity contribution >= 4 is 16.9 Å². The van der Waals surface area contributed by atoms with Crippen molar-refractivity contribution in [3.63, 3.8) is 0 Å². The number of likely N-dealkylation sites (N-methyl/N-ethyl adjacent to an activating group) is 1. The Kier molecular flexibility index (Phi) is 7.16. The van der Waals surface area contributed by atoms with E-state index in [1.54, 1.807) is 0 Å². The zero-order valence-electron chi connectivity index (χ0n) is 21.3. The number of rotatable bonds is 9. The van der Waals surface area contributed by atoms with Crippen molar-refractivity contribution in [1.29, 1.82) is 0 Å². The van der Waals surface area contributed by atoms with E-state index in [1.165, 1.54) is 6.33 Å². The van der Waals surface area contributed by atoms with Crippen LogP contribution in [-0.2, 0) is 9.47 Å². The number of hydrogen-bond donors (Lipinski definition) is 1. The number of nitrogens with zero attached hydrogens (tertiary/aromatic N) is 5. The molecule has 0 spiro atoms. The number of fused-ring (bicyclic) bond motifs is 1. The van der Waals surface area contributed by atoms with Crippen LogP contribution >= 0.6 is 0 Å². The maximum atomic E-state index is 6.32. The van der Waals surface area contributed by atoms with Gasteiger partial charge in [0, 0.05) is 25.6 Å². The first-order chi connectivity index (χ1) is 16.7. The Labute approximate surface area is 206 Å². The van der Waals surface area contributed by atoms with Crippen LogP contribution in [0.3, 0.4) is 0 Å². The third-order valence-corrected chi connectivity index (χ3v) is 5.99. The summed E-state index contributed by atoms with van der Waals surface area (Å²) in [4.78, 5) is 10.8. The van der Waals surface area contributed by atoms with Crippen molar-refractivity contribution in [3.8, 4) is 17.0 Å². The zero-order valence-corrected chi connectivity index (χ0v) is 21.3. The maximum absolute atomic E-state index is 6.32. The van der Waals surface area contributed by atoms with E-state index in [-0.39, 0.29) is 17.7 Å². The predicted octanol–water partition coefficient (Wildman–Crippen LogP) is 4.41. The Morgan fingerprint density at radius 3 is 2.66 bits per heavy atom. The molecular formula is C26H36N6O3. The second-order valence-corrected chi connectivity index (χ2v) is 9.93. The number of benzene rings is 1. The fraction of sp³-hybridized carbons (Fsp3) is 0.500. The Morgan fingerprint density at radius 1 is 1.29 bits per heavy atom. The highest BCUT2D eigenvalue weighted by Gasteiger charge is 2.24. The van der Waals surface area contributed by atoms with E-state index in [0.717, 1.165) is 41.8 Å². The van der Waals surface area contributed by atoms with Gasteiger partial charge in [-0.1, -0.05) is 6.92 Å². The standard InChI is InChI=1S/C26H36N6O3/c1-7-19(14-31(6)17(2)35-26(3,4)5)32-25-22(24(27)28-16-29-25)23(30-32)18-8-10-20(11-9-18)34-21-12-13-33-15-21/h8-11,16,19,21H,2,7,12-15H2,1,3-6H3,(H2,27,28,29). The summed E-state index contributed by atoms with van der Waals surface area (Å²) in [6.07, 6.45) is 3.33. The van der Waals surface area contributed by atoms with Gasteiger partial charge in [0.1, 0.15) is 35.3 Å². The molecule has 0 bridgehead atoms. The lowest BCUT2D eigenvalue weighted by Gasteiger charge is -2.31. The summed E-state index contributed by atoms with van der Waals surface area (Å²) in [6.45, 7) is 14.3. The second kappa shape index (κ2) is 10.1. The molecule has 9 heteroatoms. The predicted molar refractivity (Wildman–Crippen MR) is 137 cm³/mol. The van der Waals surface area contributed by atoms with Crippen LogP contribution in [0.15, 0.2) is 43.1 Å². The molecule has 1 aromatic carbocycles. The Morgan fingerprint density at radius 2 is 2.03 bits per heavy atom. The molecule has 1 fully saturated rings. The number of nitrogen functional groups attached to an aromatic ring is 1. The molecule has 2 atom stereocenters. The van der Waals surface area contributed by atoms with Crippen molar-refractivity contribution in [2.45, 2.75) is 58.3 Å². The molecule has 0 aliphatic carbocycles. The quantitative estimate of drug-likeness (QED) is 0.450. The van der Waals surface area contributed by atoms with Gasteiger partial charge >= 0.3 is 0 Å². The molecule has 0 radical (unpaired) electrons. The summed E-state index contributed by atoms with van der Waals surface area (Å²) in [7, 11) is 1.97. The molecule has 2 unspecified atom stereocenters. The van der Waals surface area contributed by atoms with Crippen molar-refractivity contribution in [2.75, 3.05) is 32.5 Å². The summed E-state index contributed by atoms with van der Waals surface area (Å²) in [5.41, 5.74) is 8.38. The van der Waals surface area contributed by atoms with Crippen LogP contribution in [-0.4, -0.2) is 63.2 Å². The lowest BCUT2D eigenvalue weighted by molar-refractivity contribution is 0.00625. The molecule has 35 heavy (non-hydrogen) atoms. The summed E-state index contributed by atoms with van der Waals surface area (Å²) >= 11 is 0. The topological polar surface area (TPSA) is 101 Å². The molecule has 3 heterocycles. The van der Waals surface area contributed by atoms with E-state index < -0.39 is 0 Å². The van der Waals surface area contributed by atoms with Crippen LogP contribution in [0.5, 0.6) is 5.75 Å². The lowest BCUT2D eigenvalue weighted by atomic mass is 10.1. The van der Waals surface area contributed by atoms with Crippen LogP contribution in [0.2, 0.25) is 0 Å². The van der Waals surface area contributed by atoms with E-state index in [1.807, 2.05) is 61.7 Å². The van der Waals surface area contributed by atoms with Gasteiger partial charge in [-0.2, -0.15) is 5.10 Å². The van der Waals surface area contributed by atoms with Gasteiger partial charge in [0.25, 0.3) is 0 Å². The molecule has 2 aromatic heterocycles. The largest absolute Gasteiger partial charge is 0.488 e. The lowest BCUT2D eigenvalue weighted by Crippen LogP contribution is -2.31.